The summed E-state index contributed by atoms with van der Waals surface area (Å²) < 4.78 is 24.7. The number of ether oxygens (including phenoxy) is 2. The van der Waals surface area contributed by atoms with E-state index in [0.29, 0.717) is 17.9 Å². The van der Waals surface area contributed by atoms with Crippen LogP contribution in [0.1, 0.15) is 31.9 Å². The first-order valence-electron chi connectivity index (χ1n) is 10.3. The van der Waals surface area contributed by atoms with Crippen LogP contribution in [0.5, 0.6) is 5.75 Å². The number of aromatic nitrogens is 2. The summed E-state index contributed by atoms with van der Waals surface area (Å²) in [6.07, 6.45) is 0.886. The molecule has 2 N–H and O–H groups in total. The molecule has 8 heteroatoms. The van der Waals surface area contributed by atoms with Gasteiger partial charge in [0.2, 0.25) is 5.95 Å². The third-order valence-electron chi connectivity index (χ3n) is 5.21. The number of carbonyl (C=O) groups is 1. The molecule has 2 aromatic carbocycles. The van der Waals surface area contributed by atoms with Gasteiger partial charge in [-0.05, 0) is 41.3 Å². The molecule has 1 aliphatic rings. The molecule has 0 saturated carbocycles. The van der Waals surface area contributed by atoms with E-state index in [9.17, 15) is 9.18 Å². The predicted octanol–water partition coefficient (Wildman–Crippen LogP) is 4.88. The first-order chi connectivity index (χ1) is 15.2. The molecule has 0 radical (unpaired) electrons. The molecule has 0 bridgehead atoms. The highest BCUT2D eigenvalue weighted by atomic mass is 19.1. The fraction of sp³-hybridized carbons (Fsp3) is 0.292. The molecule has 0 aliphatic carbocycles. The van der Waals surface area contributed by atoms with Gasteiger partial charge in [0.05, 0.1) is 13.3 Å². The second kappa shape index (κ2) is 8.45. The number of fused-ring (bicyclic) bond motifs is 1. The summed E-state index contributed by atoms with van der Waals surface area (Å²) in [7, 11) is 1.33. The Labute approximate surface area is 186 Å². The highest BCUT2D eigenvalue weighted by molar-refractivity contribution is 5.77. The van der Waals surface area contributed by atoms with Gasteiger partial charge >= 0.3 is 5.97 Å². The molecule has 0 amide bonds. The number of methoxy groups -OCH3 is 1. The molecule has 0 saturated heterocycles. The van der Waals surface area contributed by atoms with Crippen molar-refractivity contribution in [1.29, 1.82) is 0 Å². The van der Waals surface area contributed by atoms with E-state index in [0.717, 1.165) is 17.4 Å². The second-order valence-electron chi connectivity index (χ2n) is 8.62. The minimum Gasteiger partial charge on any atom is -0.478 e. The molecule has 166 valence electrons. The third-order valence-corrected chi connectivity index (χ3v) is 5.21. The smallest absolute Gasteiger partial charge is 0.347 e. The Kier molecular flexibility index (Phi) is 5.69. The van der Waals surface area contributed by atoms with Gasteiger partial charge in [-0.2, -0.15) is 4.98 Å². The van der Waals surface area contributed by atoms with Crippen LogP contribution in [0.15, 0.2) is 48.7 Å². The monoisotopic (exact) mass is 436 g/mol. The number of esters is 1. The van der Waals surface area contributed by atoms with E-state index in [2.05, 4.69) is 41.4 Å². The van der Waals surface area contributed by atoms with Gasteiger partial charge < -0.3 is 20.1 Å². The number of halogens is 1. The number of hydrogen-bond donors (Lipinski definition) is 2. The lowest BCUT2D eigenvalue weighted by atomic mass is 9.87. The van der Waals surface area contributed by atoms with Crippen LogP contribution in [0.2, 0.25) is 0 Å². The minimum atomic E-state index is -0.646. The van der Waals surface area contributed by atoms with Crippen molar-refractivity contribution in [1.82, 2.24) is 9.97 Å². The van der Waals surface area contributed by atoms with Crippen LogP contribution in [-0.2, 0) is 21.4 Å². The van der Waals surface area contributed by atoms with Crippen molar-refractivity contribution in [3.05, 3.63) is 65.6 Å². The largest absolute Gasteiger partial charge is 0.478 e. The summed E-state index contributed by atoms with van der Waals surface area (Å²) in [4.78, 5) is 20.0. The molecule has 1 unspecified atom stereocenters. The number of nitrogens with zero attached hydrogens (tertiary/aromatic N) is 2. The van der Waals surface area contributed by atoms with E-state index in [1.165, 1.54) is 12.7 Å². The SMILES string of the molecule is COC(=O)C1Cc2cc(Nc3ncc(F)c(Nc4ccc(C(C)(C)C)cc4)n3)ccc2O1. The molecule has 3 aromatic rings. The minimum absolute atomic E-state index is 0.0353. The third kappa shape index (κ3) is 4.64. The van der Waals surface area contributed by atoms with Crippen LogP contribution >= 0.6 is 0 Å². The predicted molar refractivity (Wildman–Crippen MR) is 120 cm³/mol. The summed E-state index contributed by atoms with van der Waals surface area (Å²) in [6, 6.07) is 13.2. The fourth-order valence-corrected chi connectivity index (χ4v) is 3.42. The molecule has 2 heterocycles. The second-order valence-corrected chi connectivity index (χ2v) is 8.62. The van der Waals surface area contributed by atoms with E-state index in [1.807, 2.05) is 30.3 Å². The zero-order valence-electron chi connectivity index (χ0n) is 18.4. The number of anilines is 4. The van der Waals surface area contributed by atoms with Crippen molar-refractivity contribution in [2.45, 2.75) is 38.7 Å². The lowest BCUT2D eigenvalue weighted by Gasteiger charge is -2.19. The highest BCUT2D eigenvalue weighted by Crippen LogP contribution is 2.32. The van der Waals surface area contributed by atoms with Gasteiger partial charge in [-0.15, -0.1) is 0 Å². The molecule has 1 aromatic heterocycles. The Hall–Kier alpha value is -3.68. The van der Waals surface area contributed by atoms with Crippen LogP contribution in [0.25, 0.3) is 0 Å². The van der Waals surface area contributed by atoms with E-state index in [4.69, 9.17) is 9.47 Å². The first kappa shape index (κ1) is 21.5. The maximum absolute atomic E-state index is 14.3. The van der Waals surface area contributed by atoms with Crippen LogP contribution in [0.3, 0.4) is 0 Å². The maximum atomic E-state index is 14.3. The molecular formula is C24H25FN4O3. The number of benzene rings is 2. The normalized spacial score (nSPS) is 15.0. The summed E-state index contributed by atoms with van der Waals surface area (Å²) in [5.41, 5.74) is 3.51. The molecule has 7 nitrogen and oxygen atoms in total. The highest BCUT2D eigenvalue weighted by Gasteiger charge is 2.30. The average molecular weight is 436 g/mol. The lowest BCUT2D eigenvalue weighted by Crippen LogP contribution is -2.26. The van der Waals surface area contributed by atoms with Crippen molar-refractivity contribution in [2.24, 2.45) is 0 Å². The number of hydrogen-bond acceptors (Lipinski definition) is 7. The molecular weight excluding hydrogens is 411 g/mol. The van der Waals surface area contributed by atoms with Crippen LogP contribution in [0, 0.1) is 5.82 Å². The van der Waals surface area contributed by atoms with Crippen molar-refractivity contribution in [2.75, 3.05) is 17.7 Å². The Morgan fingerprint density at radius 1 is 1.12 bits per heavy atom. The Balaban J connectivity index is 1.49. The molecule has 0 spiro atoms. The van der Waals surface area contributed by atoms with Gasteiger partial charge in [-0.1, -0.05) is 32.9 Å². The van der Waals surface area contributed by atoms with Crippen molar-refractivity contribution in [3.63, 3.8) is 0 Å². The molecule has 1 aliphatic heterocycles. The summed E-state index contributed by atoms with van der Waals surface area (Å²) >= 11 is 0. The van der Waals surface area contributed by atoms with Gasteiger partial charge in [0, 0.05) is 23.4 Å². The van der Waals surface area contributed by atoms with Crippen molar-refractivity contribution >= 4 is 29.1 Å². The van der Waals surface area contributed by atoms with E-state index >= 15 is 0 Å². The fourth-order valence-electron chi connectivity index (χ4n) is 3.42. The van der Waals surface area contributed by atoms with Crippen molar-refractivity contribution < 1.29 is 18.7 Å². The van der Waals surface area contributed by atoms with E-state index < -0.39 is 17.9 Å². The van der Waals surface area contributed by atoms with Gasteiger partial charge in [-0.3, -0.25) is 0 Å². The van der Waals surface area contributed by atoms with Crippen LogP contribution in [-0.4, -0.2) is 29.2 Å². The standard InChI is InChI=1S/C24H25FN4O3/c1-24(2,3)15-5-7-16(8-6-15)27-21-18(25)13-26-23(29-21)28-17-9-10-19-14(11-17)12-20(32-19)22(30)31-4/h5-11,13,20H,12H2,1-4H3,(H2,26,27,28,29). The van der Waals surface area contributed by atoms with Crippen LogP contribution in [0.4, 0.5) is 27.5 Å². The summed E-state index contributed by atoms with van der Waals surface area (Å²) in [5, 5.41) is 6.08. The zero-order valence-corrected chi connectivity index (χ0v) is 18.4. The summed E-state index contributed by atoms with van der Waals surface area (Å²) in [5.74, 6) is -0.0283. The van der Waals surface area contributed by atoms with Gasteiger partial charge in [-0.25, -0.2) is 14.2 Å². The van der Waals surface area contributed by atoms with Crippen LogP contribution < -0.4 is 15.4 Å². The van der Waals surface area contributed by atoms with E-state index in [-0.39, 0.29) is 17.2 Å². The molecule has 4 rings (SSSR count). The number of rotatable bonds is 5. The Morgan fingerprint density at radius 3 is 2.53 bits per heavy atom. The molecule has 0 fully saturated rings. The van der Waals surface area contributed by atoms with Gasteiger partial charge in [0.15, 0.2) is 17.7 Å². The quantitative estimate of drug-likeness (QED) is 0.552. The first-order valence-corrected chi connectivity index (χ1v) is 10.3. The Bertz CT molecular complexity index is 1140. The average Bonchev–Trinajstić information content (AvgIpc) is 3.19. The number of carbonyl (C=O) groups excluding carboxylic acids is 1. The topological polar surface area (TPSA) is 85.4 Å². The maximum Gasteiger partial charge on any atom is 0.347 e. The number of nitrogens with one attached hydrogen (secondary N) is 2. The Morgan fingerprint density at radius 2 is 1.84 bits per heavy atom. The molecule has 32 heavy (non-hydrogen) atoms. The zero-order chi connectivity index (χ0) is 22.9. The lowest BCUT2D eigenvalue weighted by molar-refractivity contribution is -0.147. The van der Waals surface area contributed by atoms with Gasteiger partial charge in [0.1, 0.15) is 5.75 Å². The van der Waals surface area contributed by atoms with Gasteiger partial charge in [0.25, 0.3) is 0 Å². The van der Waals surface area contributed by atoms with E-state index in [1.54, 1.807) is 12.1 Å². The summed E-state index contributed by atoms with van der Waals surface area (Å²) in [6.45, 7) is 6.41. The van der Waals surface area contributed by atoms with Crippen molar-refractivity contribution in [3.8, 4) is 5.75 Å². The molecule has 1 atom stereocenters.